The van der Waals surface area contributed by atoms with Crippen molar-refractivity contribution in [2.24, 2.45) is 0 Å². The number of likely N-dealkylation sites (N-methyl/N-ethyl adjacent to an activating group) is 1. The van der Waals surface area contributed by atoms with Gasteiger partial charge in [0, 0.05) is 12.8 Å². The van der Waals surface area contributed by atoms with Gasteiger partial charge in [0.25, 0.3) is 6.29 Å². The number of aliphatic carboxylic acids is 1. The Labute approximate surface area is 488 Å². The van der Waals surface area contributed by atoms with Crippen LogP contribution in [0.2, 0.25) is 0 Å². The van der Waals surface area contributed by atoms with E-state index >= 15 is 0 Å². The van der Waals surface area contributed by atoms with Crippen LogP contribution >= 0.6 is 0 Å². The third-order valence-electron chi connectivity index (χ3n) is 14.7. The van der Waals surface area contributed by atoms with Crippen molar-refractivity contribution in [3.63, 3.8) is 0 Å². The molecule has 9 heteroatoms. The first-order valence-corrected chi connectivity index (χ1v) is 33.5. The van der Waals surface area contributed by atoms with Crippen molar-refractivity contribution in [1.82, 2.24) is 0 Å². The van der Waals surface area contributed by atoms with Crippen LogP contribution in [0.3, 0.4) is 0 Å². The molecule has 9 nitrogen and oxygen atoms in total. The zero-order valence-corrected chi connectivity index (χ0v) is 52.5. The van der Waals surface area contributed by atoms with Gasteiger partial charge in [-0.2, -0.15) is 0 Å². The molecule has 0 aliphatic rings. The molecule has 0 saturated carbocycles. The summed E-state index contributed by atoms with van der Waals surface area (Å²) in [4.78, 5) is 37.6. The molecule has 79 heavy (non-hydrogen) atoms. The first kappa shape index (κ1) is 76.0. The molecular formula is C70H128NO8+. The van der Waals surface area contributed by atoms with Crippen molar-refractivity contribution in [2.75, 3.05) is 47.5 Å². The van der Waals surface area contributed by atoms with Gasteiger partial charge in [-0.15, -0.1) is 0 Å². The molecule has 1 N–H and O–H groups in total. The van der Waals surface area contributed by atoms with Crippen molar-refractivity contribution in [3.8, 4) is 0 Å². The molecule has 0 aromatic heterocycles. The summed E-state index contributed by atoms with van der Waals surface area (Å²) in [7, 11) is 5.98. The molecule has 0 heterocycles. The molecule has 0 aromatic carbocycles. The first-order valence-electron chi connectivity index (χ1n) is 33.5. The average molecular weight is 1110 g/mol. The van der Waals surface area contributed by atoms with Gasteiger partial charge in [-0.3, -0.25) is 9.59 Å². The molecule has 2 atom stereocenters. The zero-order chi connectivity index (χ0) is 57.6. The summed E-state index contributed by atoms with van der Waals surface area (Å²) in [6.07, 6.45) is 76.0. The Hall–Kier alpha value is -3.01. The largest absolute Gasteiger partial charge is 0.477 e. The van der Waals surface area contributed by atoms with Gasteiger partial charge in [-0.25, -0.2) is 4.79 Å². The topological polar surface area (TPSA) is 108 Å². The molecule has 0 aliphatic heterocycles. The van der Waals surface area contributed by atoms with Crippen LogP contribution in [0, 0.1) is 0 Å². The van der Waals surface area contributed by atoms with Crippen molar-refractivity contribution in [2.45, 2.75) is 322 Å². The standard InChI is InChI=1S/C70H127NO8/c1-6-8-10-12-14-16-18-20-22-24-26-28-30-31-32-33-34-35-36-37-39-41-43-45-47-49-51-53-55-57-59-61-68(73)79-66(65-78-70(69(74)75)76-63-62-71(3,4)5)64-77-67(72)60-58-56-54-52-50-48-46-44-42-40-38-29-27-25-23-21-19-17-15-13-11-9-7-2/h18-21,24-27,30-31,66,70H,6-17,22-23,28-29,32-65H2,1-5H3/p+1/b20-18-,21-19-,26-24-,27-25-,31-30-. The van der Waals surface area contributed by atoms with E-state index in [2.05, 4.69) is 74.6 Å². The summed E-state index contributed by atoms with van der Waals surface area (Å²) in [5, 5.41) is 9.73. The molecule has 0 rings (SSSR count). The van der Waals surface area contributed by atoms with E-state index in [9.17, 15) is 19.5 Å². The number of esters is 2. The number of nitrogens with zero attached hydrogens (tertiary/aromatic N) is 1. The van der Waals surface area contributed by atoms with E-state index in [1.165, 1.54) is 225 Å². The van der Waals surface area contributed by atoms with E-state index in [1.54, 1.807) is 0 Å². The maximum Gasteiger partial charge on any atom is 0.361 e. The number of carbonyl (C=O) groups is 3. The quantitative estimate of drug-likeness (QED) is 0.0211. The number of carboxylic acids is 1. The number of ether oxygens (including phenoxy) is 4. The molecule has 0 spiro atoms. The first-order chi connectivity index (χ1) is 38.6. The lowest BCUT2D eigenvalue weighted by molar-refractivity contribution is -0.870. The highest BCUT2D eigenvalue weighted by Gasteiger charge is 2.25. The predicted molar refractivity (Wildman–Crippen MR) is 336 cm³/mol. The molecule has 0 amide bonds. The van der Waals surface area contributed by atoms with Gasteiger partial charge in [-0.05, 0) is 83.5 Å². The minimum Gasteiger partial charge on any atom is -0.477 e. The molecule has 0 bridgehead atoms. The second kappa shape index (κ2) is 61.1. The van der Waals surface area contributed by atoms with Crippen LogP contribution in [0.1, 0.15) is 309 Å². The van der Waals surface area contributed by atoms with Crippen molar-refractivity contribution in [1.29, 1.82) is 0 Å². The summed E-state index contributed by atoms with van der Waals surface area (Å²) < 4.78 is 23.0. The number of rotatable bonds is 62. The third-order valence-corrected chi connectivity index (χ3v) is 14.7. The molecule has 0 aliphatic carbocycles. The van der Waals surface area contributed by atoms with Gasteiger partial charge in [0.2, 0.25) is 0 Å². The number of carbonyl (C=O) groups excluding carboxylic acids is 2. The summed E-state index contributed by atoms with van der Waals surface area (Å²) in [6, 6.07) is 0. The second-order valence-electron chi connectivity index (χ2n) is 23.8. The van der Waals surface area contributed by atoms with Crippen LogP contribution in [-0.4, -0.2) is 87.4 Å². The Balaban J connectivity index is 4.13. The van der Waals surface area contributed by atoms with Gasteiger partial charge < -0.3 is 28.5 Å². The van der Waals surface area contributed by atoms with Gasteiger partial charge in [0.15, 0.2) is 6.10 Å². The molecular weight excluding hydrogens is 983 g/mol. The zero-order valence-electron chi connectivity index (χ0n) is 52.5. The maximum absolute atomic E-state index is 12.9. The van der Waals surface area contributed by atoms with Gasteiger partial charge >= 0.3 is 17.9 Å². The molecule has 0 fully saturated rings. The van der Waals surface area contributed by atoms with E-state index in [0.29, 0.717) is 17.4 Å². The monoisotopic (exact) mass is 1110 g/mol. The van der Waals surface area contributed by atoms with Gasteiger partial charge in [0.05, 0.1) is 34.4 Å². The van der Waals surface area contributed by atoms with E-state index in [-0.39, 0.29) is 32.2 Å². The van der Waals surface area contributed by atoms with Crippen LogP contribution in [0.4, 0.5) is 0 Å². The van der Waals surface area contributed by atoms with E-state index in [4.69, 9.17) is 18.9 Å². The van der Waals surface area contributed by atoms with Crippen molar-refractivity contribution < 1.29 is 42.9 Å². The molecule has 0 saturated heterocycles. The molecule has 0 radical (unpaired) electrons. The third kappa shape index (κ3) is 62.4. The normalized spacial score (nSPS) is 13.1. The Bertz CT molecular complexity index is 1480. The van der Waals surface area contributed by atoms with E-state index < -0.39 is 24.3 Å². The predicted octanol–water partition coefficient (Wildman–Crippen LogP) is 20.4. The minimum atomic E-state index is -1.51. The highest BCUT2D eigenvalue weighted by Crippen LogP contribution is 2.17. The molecule has 0 aromatic rings. The van der Waals surface area contributed by atoms with Crippen LogP contribution in [-0.2, 0) is 33.3 Å². The number of allylic oxidation sites excluding steroid dienone is 10. The smallest absolute Gasteiger partial charge is 0.361 e. The number of quaternary nitrogens is 1. The van der Waals surface area contributed by atoms with E-state index in [0.717, 1.165) is 57.8 Å². The Kier molecular flexibility index (Phi) is 58.7. The number of unbranched alkanes of at least 4 members (excludes halogenated alkanes) is 37. The minimum absolute atomic E-state index is 0.182. The molecule has 2 unspecified atom stereocenters. The van der Waals surface area contributed by atoms with Crippen LogP contribution < -0.4 is 0 Å². The second-order valence-corrected chi connectivity index (χ2v) is 23.8. The number of hydrogen-bond acceptors (Lipinski definition) is 7. The number of carboxylic acid groups (broad SMARTS) is 1. The van der Waals surface area contributed by atoms with Crippen LogP contribution in [0.25, 0.3) is 0 Å². The Morgan fingerprint density at radius 2 is 0.684 bits per heavy atom. The Morgan fingerprint density at radius 1 is 0.380 bits per heavy atom. The number of hydrogen-bond donors (Lipinski definition) is 1. The maximum atomic E-state index is 12.9. The highest BCUT2D eigenvalue weighted by atomic mass is 16.7. The summed E-state index contributed by atoms with van der Waals surface area (Å²) in [6.45, 7) is 4.89. The summed E-state index contributed by atoms with van der Waals surface area (Å²) in [5.41, 5.74) is 0. The van der Waals surface area contributed by atoms with E-state index in [1.807, 2.05) is 21.1 Å². The highest BCUT2D eigenvalue weighted by molar-refractivity contribution is 5.71. The lowest BCUT2D eigenvalue weighted by atomic mass is 10.0. The lowest BCUT2D eigenvalue weighted by Crippen LogP contribution is -2.40. The van der Waals surface area contributed by atoms with Crippen molar-refractivity contribution in [3.05, 3.63) is 60.8 Å². The average Bonchev–Trinajstić information content (AvgIpc) is 3.42. The fourth-order valence-electron chi connectivity index (χ4n) is 9.58. The Morgan fingerprint density at radius 3 is 1.01 bits per heavy atom. The molecule has 460 valence electrons. The lowest BCUT2D eigenvalue weighted by Gasteiger charge is -2.25. The van der Waals surface area contributed by atoms with Crippen LogP contribution in [0.15, 0.2) is 60.8 Å². The van der Waals surface area contributed by atoms with Crippen LogP contribution in [0.5, 0.6) is 0 Å². The van der Waals surface area contributed by atoms with Crippen molar-refractivity contribution >= 4 is 17.9 Å². The summed E-state index contributed by atoms with van der Waals surface area (Å²) >= 11 is 0. The van der Waals surface area contributed by atoms with Gasteiger partial charge in [-0.1, -0.05) is 274 Å². The SMILES string of the molecule is CCCCCCC/C=C\C/C=C\C/C=C\CCCCCCCCCCCCCCCCCCC(=O)OC(COC(=O)CCCCCCCCCCCCC/C=C\C/C=C\CCCCCCC)COC(OCC[N+](C)(C)C)C(=O)O. The van der Waals surface area contributed by atoms with Gasteiger partial charge in [0.1, 0.15) is 13.2 Å². The summed E-state index contributed by atoms with van der Waals surface area (Å²) in [5.74, 6) is -1.99. The fraction of sp³-hybridized carbons (Fsp3) is 0.814. The fourth-order valence-corrected chi connectivity index (χ4v) is 9.58.